The molecule has 2 N–H and O–H groups in total. The average Bonchev–Trinajstić information content (AvgIpc) is 2.42. The van der Waals surface area contributed by atoms with Crippen molar-refractivity contribution in [1.82, 2.24) is 0 Å². The van der Waals surface area contributed by atoms with Gasteiger partial charge in [-0.15, -0.1) is 0 Å². The van der Waals surface area contributed by atoms with Gasteiger partial charge in [0.15, 0.2) is 0 Å². The Kier molecular flexibility index (Phi) is 5.76. The highest BCUT2D eigenvalue weighted by Crippen LogP contribution is 2.64. The van der Waals surface area contributed by atoms with Crippen LogP contribution in [0.1, 0.15) is 73.1 Å². The molecule has 0 heterocycles. The van der Waals surface area contributed by atoms with E-state index in [0.717, 1.165) is 25.7 Å². The van der Waals surface area contributed by atoms with Crippen LogP contribution in [0.25, 0.3) is 0 Å². The number of allylic oxidation sites excluding steroid dienone is 1. The first kappa shape index (κ1) is 19.5. The minimum absolute atomic E-state index is 0.116. The van der Waals surface area contributed by atoms with Gasteiger partial charge in [0.2, 0.25) is 0 Å². The van der Waals surface area contributed by atoms with Crippen molar-refractivity contribution in [3.8, 4) is 0 Å². The fourth-order valence-corrected chi connectivity index (χ4v) is 6.31. The van der Waals surface area contributed by atoms with E-state index in [-0.39, 0.29) is 17.4 Å². The molecule has 0 aromatic carbocycles. The third-order valence-corrected chi connectivity index (χ3v) is 8.83. The van der Waals surface area contributed by atoms with Crippen LogP contribution in [0.3, 0.4) is 0 Å². The van der Waals surface area contributed by atoms with Crippen LogP contribution in [0.15, 0.2) is 11.6 Å². The predicted octanol–water partition coefficient (Wildman–Crippen LogP) is 5.07. The maximum Gasteiger partial charge on any atom is 0.0653 e. The van der Waals surface area contributed by atoms with Crippen molar-refractivity contribution in [2.24, 2.45) is 22.7 Å². The summed E-state index contributed by atoms with van der Waals surface area (Å²) in [5, 5.41) is 20.2. The maximum absolute atomic E-state index is 11.1. The Morgan fingerprint density at radius 1 is 1.17 bits per heavy atom. The molecule has 5 atom stereocenters. The van der Waals surface area contributed by atoms with E-state index in [1.54, 1.807) is 0 Å². The van der Waals surface area contributed by atoms with Gasteiger partial charge in [-0.25, -0.2) is 0 Å². The molecule has 0 aliphatic heterocycles. The summed E-state index contributed by atoms with van der Waals surface area (Å²) < 4.78 is 0. The third-order valence-electron chi connectivity index (χ3n) is 7.19. The van der Waals surface area contributed by atoms with Gasteiger partial charge in [0.05, 0.1) is 12.2 Å². The molecule has 0 aromatic heterocycles. The zero-order valence-electron chi connectivity index (χ0n) is 15.5. The van der Waals surface area contributed by atoms with E-state index < -0.39 is 5.60 Å². The van der Waals surface area contributed by atoms with Crippen molar-refractivity contribution in [3.63, 3.8) is 0 Å². The lowest BCUT2D eigenvalue weighted by molar-refractivity contribution is -0.166. The minimum Gasteiger partial charge on any atom is -0.392 e. The van der Waals surface area contributed by atoms with Gasteiger partial charge in [-0.05, 0) is 75.0 Å². The summed E-state index contributed by atoms with van der Waals surface area (Å²) in [5.41, 5.74) is 1.15. The number of aliphatic hydroxyl groups is 2. The van der Waals surface area contributed by atoms with E-state index in [2.05, 4.69) is 50.5 Å². The van der Waals surface area contributed by atoms with Crippen LogP contribution in [0, 0.1) is 22.7 Å². The molecule has 0 radical (unpaired) electrons. The molecule has 2 saturated carbocycles. The lowest BCUT2D eigenvalue weighted by atomic mass is 9.45. The van der Waals surface area contributed by atoms with Crippen LogP contribution in [-0.4, -0.2) is 27.2 Å². The average molecular weight is 387 g/mol. The Bertz CT molecular complexity index is 455. The molecule has 2 nitrogen and oxygen atoms in total. The summed E-state index contributed by atoms with van der Waals surface area (Å²) in [6.07, 6.45) is 8.31. The molecule has 2 rings (SSSR count). The van der Waals surface area contributed by atoms with Crippen LogP contribution in [0.5, 0.6) is 0 Å². The molecule has 0 saturated heterocycles. The Labute approximate surface area is 150 Å². The standard InChI is InChI=1S/C20H35BrO2/c1-14(10-13-22)6-7-16-19(4)11-9-17(21)18(2,3)15(19)8-12-20(16,5)23/h10,15-17,22-23H,6-9,11-13H2,1-5H3/b14-10+. The van der Waals surface area contributed by atoms with E-state index in [9.17, 15) is 5.11 Å². The summed E-state index contributed by atoms with van der Waals surface area (Å²) in [5.74, 6) is 0.982. The molecule has 2 aliphatic rings. The van der Waals surface area contributed by atoms with Crippen LogP contribution < -0.4 is 0 Å². The van der Waals surface area contributed by atoms with Gasteiger partial charge < -0.3 is 10.2 Å². The van der Waals surface area contributed by atoms with Crippen molar-refractivity contribution in [3.05, 3.63) is 11.6 Å². The smallest absolute Gasteiger partial charge is 0.0653 e. The lowest BCUT2D eigenvalue weighted by Crippen LogP contribution is -2.59. The Morgan fingerprint density at radius 3 is 2.43 bits per heavy atom. The number of rotatable bonds is 4. The van der Waals surface area contributed by atoms with E-state index in [1.165, 1.54) is 18.4 Å². The quantitative estimate of drug-likeness (QED) is 0.522. The van der Waals surface area contributed by atoms with Crippen molar-refractivity contribution in [1.29, 1.82) is 0 Å². The molecule has 0 spiro atoms. The van der Waals surface area contributed by atoms with Crippen LogP contribution in [0.2, 0.25) is 0 Å². The Hall–Kier alpha value is 0.140. The fourth-order valence-electron chi connectivity index (χ4n) is 5.76. The first-order valence-corrected chi connectivity index (χ1v) is 10.1. The first-order chi connectivity index (χ1) is 10.6. The second kappa shape index (κ2) is 6.80. The number of alkyl halides is 1. The normalized spacial score (nSPS) is 44.0. The van der Waals surface area contributed by atoms with Gasteiger partial charge in [0.1, 0.15) is 0 Å². The van der Waals surface area contributed by atoms with E-state index in [4.69, 9.17) is 5.11 Å². The van der Waals surface area contributed by atoms with Gasteiger partial charge in [-0.2, -0.15) is 0 Å². The first-order valence-electron chi connectivity index (χ1n) is 9.18. The highest BCUT2D eigenvalue weighted by Gasteiger charge is 2.59. The summed E-state index contributed by atoms with van der Waals surface area (Å²) in [6, 6.07) is 0. The highest BCUT2D eigenvalue weighted by atomic mass is 79.9. The van der Waals surface area contributed by atoms with Crippen molar-refractivity contribution in [2.75, 3.05) is 6.61 Å². The Balaban J connectivity index is 2.28. The SMILES string of the molecule is C/C(=C\CO)CCC1C(C)(O)CCC2C(C)(C)C(Br)CCC12C. The fraction of sp³-hybridized carbons (Fsp3) is 0.900. The molecule has 2 aliphatic carbocycles. The molecule has 0 bridgehead atoms. The summed E-state index contributed by atoms with van der Waals surface area (Å²) >= 11 is 3.93. The Morgan fingerprint density at radius 2 is 1.83 bits per heavy atom. The highest BCUT2D eigenvalue weighted by molar-refractivity contribution is 9.09. The van der Waals surface area contributed by atoms with Crippen molar-refractivity contribution < 1.29 is 10.2 Å². The molecular formula is C20H35BrO2. The number of fused-ring (bicyclic) bond motifs is 1. The second-order valence-corrected chi connectivity index (χ2v) is 10.2. The van der Waals surface area contributed by atoms with Crippen molar-refractivity contribution >= 4 is 15.9 Å². The van der Waals surface area contributed by atoms with Crippen LogP contribution >= 0.6 is 15.9 Å². The second-order valence-electron chi connectivity index (χ2n) is 9.11. The van der Waals surface area contributed by atoms with Gasteiger partial charge in [0, 0.05) is 4.83 Å². The number of aliphatic hydroxyl groups excluding tert-OH is 1. The maximum atomic E-state index is 11.1. The molecular weight excluding hydrogens is 352 g/mol. The monoisotopic (exact) mass is 386 g/mol. The minimum atomic E-state index is -0.569. The van der Waals surface area contributed by atoms with Gasteiger partial charge in [-0.3, -0.25) is 0 Å². The van der Waals surface area contributed by atoms with Gasteiger partial charge in [-0.1, -0.05) is 48.4 Å². The zero-order chi connectivity index (χ0) is 17.5. The van der Waals surface area contributed by atoms with E-state index in [0.29, 0.717) is 16.7 Å². The van der Waals surface area contributed by atoms with E-state index in [1.807, 2.05) is 6.08 Å². The van der Waals surface area contributed by atoms with Crippen LogP contribution in [0.4, 0.5) is 0 Å². The summed E-state index contributed by atoms with van der Waals surface area (Å²) in [4.78, 5) is 0.577. The topological polar surface area (TPSA) is 40.5 Å². The predicted molar refractivity (Wildman–Crippen MR) is 101 cm³/mol. The third kappa shape index (κ3) is 3.57. The number of hydrogen-bond donors (Lipinski definition) is 2. The molecule has 5 unspecified atom stereocenters. The molecule has 23 heavy (non-hydrogen) atoms. The largest absolute Gasteiger partial charge is 0.392 e. The van der Waals surface area contributed by atoms with Gasteiger partial charge >= 0.3 is 0 Å². The molecule has 2 fully saturated rings. The summed E-state index contributed by atoms with van der Waals surface area (Å²) in [6.45, 7) is 11.5. The number of hydrogen-bond acceptors (Lipinski definition) is 2. The van der Waals surface area contributed by atoms with Crippen molar-refractivity contribution in [2.45, 2.75) is 83.6 Å². The molecule has 134 valence electrons. The van der Waals surface area contributed by atoms with E-state index >= 15 is 0 Å². The molecule has 0 amide bonds. The van der Waals surface area contributed by atoms with Gasteiger partial charge in [0.25, 0.3) is 0 Å². The molecule has 0 aromatic rings. The zero-order valence-corrected chi connectivity index (χ0v) is 17.1. The number of halogens is 1. The molecule has 3 heteroatoms. The lowest BCUT2D eigenvalue weighted by Gasteiger charge is -2.62. The van der Waals surface area contributed by atoms with Crippen LogP contribution in [-0.2, 0) is 0 Å². The summed E-state index contributed by atoms with van der Waals surface area (Å²) in [7, 11) is 0.